The number of aryl methyl sites for hydroxylation is 1. The van der Waals surface area contributed by atoms with Gasteiger partial charge in [0, 0.05) is 24.0 Å². The second-order valence-corrected chi connectivity index (χ2v) is 8.49. The van der Waals surface area contributed by atoms with E-state index in [4.69, 9.17) is 4.52 Å². The molecule has 1 aromatic carbocycles. The van der Waals surface area contributed by atoms with Crippen LogP contribution in [0.2, 0.25) is 0 Å². The van der Waals surface area contributed by atoms with E-state index in [1.54, 1.807) is 18.3 Å². The smallest absolute Gasteiger partial charge is 0.244 e. The third kappa shape index (κ3) is 3.28. The van der Waals surface area contributed by atoms with Crippen molar-refractivity contribution >= 4 is 21.4 Å². The highest BCUT2D eigenvalue weighted by atomic mass is 32.2. The number of thiophene rings is 1. The zero-order valence-electron chi connectivity index (χ0n) is 13.5. The molecule has 0 saturated carbocycles. The molecule has 126 valence electrons. The standard InChI is InChI=1S/C17H18N2O3S2/c1-3-19(12-14-7-5-4-6-8-14)24(20,21)17-11-16(23-13(17)2)15-9-10-18-22-15/h4-11H,3,12H2,1-2H3. The van der Waals surface area contributed by atoms with Gasteiger partial charge in [-0.2, -0.15) is 4.31 Å². The van der Waals surface area contributed by atoms with Crippen LogP contribution in [0.4, 0.5) is 0 Å². The molecule has 0 spiro atoms. The van der Waals surface area contributed by atoms with Gasteiger partial charge in [-0.15, -0.1) is 11.3 Å². The lowest BCUT2D eigenvalue weighted by Crippen LogP contribution is -2.30. The molecule has 0 unspecified atom stereocenters. The average Bonchev–Trinajstić information content (AvgIpc) is 3.22. The Morgan fingerprint density at radius 1 is 1.21 bits per heavy atom. The van der Waals surface area contributed by atoms with Crippen LogP contribution in [0.1, 0.15) is 17.4 Å². The number of benzene rings is 1. The molecule has 5 nitrogen and oxygen atoms in total. The number of hydrogen-bond donors (Lipinski definition) is 0. The minimum atomic E-state index is -3.57. The summed E-state index contributed by atoms with van der Waals surface area (Å²) in [5.41, 5.74) is 0.964. The summed E-state index contributed by atoms with van der Waals surface area (Å²) < 4.78 is 32.7. The van der Waals surface area contributed by atoms with Gasteiger partial charge < -0.3 is 4.52 Å². The van der Waals surface area contributed by atoms with Crippen LogP contribution in [0.15, 0.2) is 58.1 Å². The summed E-state index contributed by atoms with van der Waals surface area (Å²) in [4.78, 5) is 1.84. The Bertz CT molecular complexity index is 901. The number of hydrogen-bond acceptors (Lipinski definition) is 5. The first kappa shape index (κ1) is 16.9. The van der Waals surface area contributed by atoms with Crippen LogP contribution in [-0.4, -0.2) is 24.4 Å². The lowest BCUT2D eigenvalue weighted by Gasteiger charge is -2.20. The monoisotopic (exact) mass is 362 g/mol. The van der Waals surface area contributed by atoms with Crippen LogP contribution < -0.4 is 0 Å². The Hall–Kier alpha value is -1.96. The minimum Gasteiger partial charge on any atom is -0.355 e. The maximum atomic E-state index is 13.1. The summed E-state index contributed by atoms with van der Waals surface area (Å²) in [7, 11) is -3.57. The van der Waals surface area contributed by atoms with Gasteiger partial charge in [-0.1, -0.05) is 42.4 Å². The topological polar surface area (TPSA) is 63.4 Å². The number of aromatic nitrogens is 1. The maximum Gasteiger partial charge on any atom is 0.244 e. The van der Waals surface area contributed by atoms with Gasteiger partial charge in [0.05, 0.1) is 16.0 Å². The largest absolute Gasteiger partial charge is 0.355 e. The van der Waals surface area contributed by atoms with Gasteiger partial charge in [-0.25, -0.2) is 8.42 Å². The van der Waals surface area contributed by atoms with Crippen molar-refractivity contribution in [1.29, 1.82) is 0 Å². The second-order valence-electron chi connectivity index (χ2n) is 5.32. The molecular weight excluding hydrogens is 344 g/mol. The first-order valence-corrected chi connectivity index (χ1v) is 9.83. The fraction of sp³-hybridized carbons (Fsp3) is 0.235. The van der Waals surface area contributed by atoms with Gasteiger partial charge in [0.25, 0.3) is 0 Å². The zero-order chi connectivity index (χ0) is 17.2. The zero-order valence-corrected chi connectivity index (χ0v) is 15.1. The average molecular weight is 362 g/mol. The minimum absolute atomic E-state index is 0.330. The van der Waals surface area contributed by atoms with Gasteiger partial charge in [0.1, 0.15) is 0 Å². The van der Waals surface area contributed by atoms with Gasteiger partial charge >= 0.3 is 0 Å². The van der Waals surface area contributed by atoms with E-state index in [0.29, 0.717) is 23.7 Å². The molecule has 7 heteroatoms. The number of sulfonamides is 1. The molecular formula is C17H18N2O3S2. The molecule has 3 rings (SSSR count). The molecule has 0 atom stereocenters. The summed E-state index contributed by atoms with van der Waals surface area (Å²) in [5, 5.41) is 3.68. The van der Waals surface area contributed by atoms with Crippen LogP contribution in [0.25, 0.3) is 10.6 Å². The molecule has 2 heterocycles. The Balaban J connectivity index is 1.94. The van der Waals surface area contributed by atoms with Crippen molar-refractivity contribution in [1.82, 2.24) is 9.46 Å². The normalized spacial score (nSPS) is 12.0. The van der Waals surface area contributed by atoms with E-state index in [9.17, 15) is 8.42 Å². The molecule has 0 aliphatic carbocycles. The van der Waals surface area contributed by atoms with E-state index in [1.165, 1.54) is 15.6 Å². The van der Waals surface area contributed by atoms with Crippen LogP contribution in [0.5, 0.6) is 0 Å². The molecule has 0 N–H and O–H groups in total. The summed E-state index contributed by atoms with van der Waals surface area (Å²) in [6, 6.07) is 13.0. The van der Waals surface area contributed by atoms with E-state index >= 15 is 0 Å². The predicted octanol–water partition coefficient (Wildman–Crippen LogP) is 3.92. The molecule has 3 aromatic rings. The second kappa shape index (κ2) is 6.88. The van der Waals surface area contributed by atoms with Crippen molar-refractivity contribution < 1.29 is 12.9 Å². The van der Waals surface area contributed by atoms with Crippen molar-refractivity contribution in [3.63, 3.8) is 0 Å². The molecule has 0 radical (unpaired) electrons. The summed E-state index contributed by atoms with van der Waals surface area (Å²) in [6.45, 7) is 4.42. The van der Waals surface area contributed by atoms with Crippen LogP contribution in [0.3, 0.4) is 0 Å². The lowest BCUT2D eigenvalue weighted by molar-refractivity contribution is 0.423. The Labute approximate surface area is 145 Å². The third-order valence-corrected chi connectivity index (χ3v) is 6.97. The fourth-order valence-electron chi connectivity index (χ4n) is 2.48. The number of nitrogens with zero attached hydrogens (tertiary/aromatic N) is 2. The maximum absolute atomic E-state index is 13.1. The third-order valence-electron chi connectivity index (χ3n) is 3.73. The van der Waals surface area contributed by atoms with E-state index in [2.05, 4.69) is 5.16 Å². The van der Waals surface area contributed by atoms with Crippen molar-refractivity contribution in [2.75, 3.05) is 6.54 Å². The van der Waals surface area contributed by atoms with E-state index in [0.717, 1.165) is 15.3 Å². The predicted molar refractivity (Wildman–Crippen MR) is 94.3 cm³/mol. The molecule has 0 aliphatic rings. The molecule has 0 bridgehead atoms. The highest BCUT2D eigenvalue weighted by Gasteiger charge is 2.27. The SMILES string of the molecule is CCN(Cc1ccccc1)S(=O)(=O)c1cc(-c2ccno2)sc1C. The van der Waals surface area contributed by atoms with E-state index in [1.807, 2.05) is 44.2 Å². The first-order chi connectivity index (χ1) is 11.5. The van der Waals surface area contributed by atoms with Crippen molar-refractivity contribution in [2.45, 2.75) is 25.3 Å². The highest BCUT2D eigenvalue weighted by molar-refractivity contribution is 7.89. The van der Waals surface area contributed by atoms with Crippen molar-refractivity contribution in [2.24, 2.45) is 0 Å². The number of rotatable bonds is 6. The Morgan fingerprint density at radius 3 is 2.58 bits per heavy atom. The van der Waals surface area contributed by atoms with Crippen LogP contribution in [0, 0.1) is 6.92 Å². The van der Waals surface area contributed by atoms with Gasteiger partial charge in [0.15, 0.2) is 5.76 Å². The summed E-state index contributed by atoms with van der Waals surface area (Å²) in [5.74, 6) is 0.579. The fourth-order valence-corrected chi connectivity index (χ4v) is 5.43. The Kier molecular flexibility index (Phi) is 4.84. The van der Waals surface area contributed by atoms with Gasteiger partial charge in [0.2, 0.25) is 10.0 Å². The van der Waals surface area contributed by atoms with Gasteiger partial charge in [-0.05, 0) is 18.6 Å². The molecule has 0 fully saturated rings. The van der Waals surface area contributed by atoms with Crippen LogP contribution >= 0.6 is 11.3 Å². The van der Waals surface area contributed by atoms with Gasteiger partial charge in [-0.3, -0.25) is 0 Å². The quantitative estimate of drug-likeness (QED) is 0.667. The first-order valence-electron chi connectivity index (χ1n) is 7.58. The molecule has 2 aromatic heterocycles. The summed E-state index contributed by atoms with van der Waals surface area (Å²) in [6.07, 6.45) is 1.55. The lowest BCUT2D eigenvalue weighted by atomic mass is 10.2. The van der Waals surface area contributed by atoms with Crippen molar-refractivity contribution in [3.8, 4) is 10.6 Å². The van der Waals surface area contributed by atoms with Crippen LogP contribution in [-0.2, 0) is 16.6 Å². The van der Waals surface area contributed by atoms with E-state index in [-0.39, 0.29) is 0 Å². The molecule has 24 heavy (non-hydrogen) atoms. The molecule has 0 saturated heterocycles. The van der Waals surface area contributed by atoms with E-state index < -0.39 is 10.0 Å². The molecule has 0 amide bonds. The molecule has 0 aliphatic heterocycles. The highest BCUT2D eigenvalue weighted by Crippen LogP contribution is 2.35. The Morgan fingerprint density at radius 2 is 1.96 bits per heavy atom. The van der Waals surface area contributed by atoms with Crippen molar-refractivity contribution in [3.05, 3.63) is 59.1 Å². The summed E-state index contributed by atoms with van der Waals surface area (Å²) >= 11 is 1.39.